The van der Waals surface area contributed by atoms with E-state index >= 15 is 0 Å². The first-order chi connectivity index (χ1) is 12.2. The molecular formula is C17H13Cl2N3O4. The molecule has 2 aromatic rings. The van der Waals surface area contributed by atoms with Gasteiger partial charge in [-0.05, 0) is 24.6 Å². The van der Waals surface area contributed by atoms with Crippen molar-refractivity contribution in [1.29, 1.82) is 0 Å². The Morgan fingerprint density at radius 1 is 1.15 bits per heavy atom. The topological polar surface area (TPSA) is 92.6 Å². The van der Waals surface area contributed by atoms with Crippen LogP contribution in [0.4, 0.5) is 10.5 Å². The van der Waals surface area contributed by atoms with Gasteiger partial charge in [-0.3, -0.25) is 19.8 Å². The number of imide groups is 1. The smallest absolute Gasteiger partial charge is 0.319 e. The van der Waals surface area contributed by atoms with Gasteiger partial charge in [0.2, 0.25) is 0 Å². The molecule has 3 rings (SSSR count). The third-order valence-corrected chi connectivity index (χ3v) is 4.78. The molecule has 26 heavy (non-hydrogen) atoms. The first-order valence-corrected chi connectivity index (χ1v) is 8.31. The minimum Gasteiger partial charge on any atom is -0.319 e. The van der Waals surface area contributed by atoms with Crippen LogP contribution in [0.15, 0.2) is 42.5 Å². The Balaban J connectivity index is 1.87. The van der Waals surface area contributed by atoms with Crippen molar-refractivity contribution in [1.82, 2.24) is 10.2 Å². The zero-order valence-corrected chi connectivity index (χ0v) is 15.0. The molecule has 1 heterocycles. The molecule has 0 spiro atoms. The third kappa shape index (κ3) is 3.11. The zero-order chi connectivity index (χ0) is 19.1. The van der Waals surface area contributed by atoms with Crippen molar-refractivity contribution >= 4 is 40.8 Å². The number of nitrogens with one attached hydrogen (secondary N) is 1. The van der Waals surface area contributed by atoms with E-state index in [2.05, 4.69) is 5.32 Å². The van der Waals surface area contributed by atoms with Crippen LogP contribution in [0.25, 0.3) is 0 Å². The van der Waals surface area contributed by atoms with E-state index in [-0.39, 0.29) is 17.3 Å². The van der Waals surface area contributed by atoms with Crippen LogP contribution in [0.3, 0.4) is 0 Å². The summed E-state index contributed by atoms with van der Waals surface area (Å²) in [4.78, 5) is 36.5. The van der Waals surface area contributed by atoms with Crippen LogP contribution >= 0.6 is 23.2 Å². The lowest BCUT2D eigenvalue weighted by Crippen LogP contribution is -2.41. The summed E-state index contributed by atoms with van der Waals surface area (Å²) in [6.07, 6.45) is 0. The quantitative estimate of drug-likeness (QED) is 0.484. The molecule has 0 bridgehead atoms. The maximum absolute atomic E-state index is 12.9. The first-order valence-electron chi connectivity index (χ1n) is 7.55. The molecule has 0 aliphatic carbocycles. The number of benzene rings is 2. The van der Waals surface area contributed by atoms with Crippen LogP contribution in [-0.2, 0) is 16.9 Å². The fourth-order valence-electron chi connectivity index (χ4n) is 2.82. The summed E-state index contributed by atoms with van der Waals surface area (Å²) < 4.78 is 0. The van der Waals surface area contributed by atoms with Gasteiger partial charge in [0, 0.05) is 27.7 Å². The van der Waals surface area contributed by atoms with Gasteiger partial charge in [0.25, 0.3) is 11.6 Å². The second-order valence-electron chi connectivity index (χ2n) is 5.99. The second-order valence-corrected chi connectivity index (χ2v) is 6.84. The van der Waals surface area contributed by atoms with E-state index in [1.54, 1.807) is 19.1 Å². The van der Waals surface area contributed by atoms with Crippen LogP contribution < -0.4 is 5.32 Å². The number of nitrogens with zero attached hydrogens (tertiary/aromatic N) is 2. The lowest BCUT2D eigenvalue weighted by atomic mass is 9.92. The number of urea groups is 1. The fourth-order valence-corrected chi connectivity index (χ4v) is 3.42. The van der Waals surface area contributed by atoms with E-state index in [0.717, 1.165) is 4.90 Å². The number of carbonyl (C=O) groups is 2. The van der Waals surface area contributed by atoms with Crippen LogP contribution in [0.1, 0.15) is 18.1 Å². The van der Waals surface area contributed by atoms with Crippen molar-refractivity contribution in [3.63, 3.8) is 0 Å². The molecule has 0 unspecified atom stereocenters. The van der Waals surface area contributed by atoms with Crippen molar-refractivity contribution in [2.75, 3.05) is 0 Å². The normalized spacial score (nSPS) is 19.6. The Kier molecular flexibility index (Phi) is 4.60. The van der Waals surface area contributed by atoms with Crippen molar-refractivity contribution in [3.05, 3.63) is 73.8 Å². The number of amides is 3. The van der Waals surface area contributed by atoms with Gasteiger partial charge in [0.15, 0.2) is 0 Å². The maximum atomic E-state index is 12.9. The van der Waals surface area contributed by atoms with E-state index in [9.17, 15) is 19.7 Å². The first kappa shape index (κ1) is 18.2. The molecule has 1 fully saturated rings. The molecule has 7 nitrogen and oxygen atoms in total. The Labute approximate surface area is 158 Å². The number of rotatable bonds is 4. The minimum atomic E-state index is -1.32. The molecule has 0 saturated carbocycles. The molecule has 3 amide bonds. The Morgan fingerprint density at radius 2 is 1.81 bits per heavy atom. The van der Waals surface area contributed by atoms with Gasteiger partial charge in [0.1, 0.15) is 5.54 Å². The summed E-state index contributed by atoms with van der Waals surface area (Å²) in [7, 11) is 0. The molecular weight excluding hydrogens is 381 g/mol. The van der Waals surface area contributed by atoms with Crippen LogP contribution in [-0.4, -0.2) is 21.8 Å². The molecule has 2 aromatic carbocycles. The standard InChI is InChI=1S/C17H13Cl2N3O4/c1-17(13-7-4-11(18)8-14(13)19)15(23)21(16(24)20-17)9-10-2-5-12(6-3-10)22(25)26/h2-8H,9H2,1H3,(H,20,24)/t17-/m1/s1. The molecule has 1 saturated heterocycles. The van der Waals surface area contributed by atoms with Crippen LogP contribution in [0.2, 0.25) is 10.0 Å². The monoisotopic (exact) mass is 393 g/mol. The molecule has 1 atom stereocenters. The van der Waals surface area contributed by atoms with Gasteiger partial charge < -0.3 is 5.32 Å². The predicted octanol–water partition coefficient (Wildman–Crippen LogP) is 3.87. The van der Waals surface area contributed by atoms with Gasteiger partial charge in [-0.25, -0.2) is 4.79 Å². The van der Waals surface area contributed by atoms with Crippen molar-refractivity contribution < 1.29 is 14.5 Å². The molecule has 1 N–H and O–H groups in total. The number of nitro benzene ring substituents is 1. The average Bonchev–Trinajstić information content (AvgIpc) is 2.79. The highest BCUT2D eigenvalue weighted by molar-refractivity contribution is 6.35. The summed E-state index contributed by atoms with van der Waals surface area (Å²) in [6, 6.07) is 9.77. The summed E-state index contributed by atoms with van der Waals surface area (Å²) in [5.74, 6) is -0.468. The van der Waals surface area contributed by atoms with Crippen molar-refractivity contribution in [2.45, 2.75) is 19.0 Å². The van der Waals surface area contributed by atoms with E-state index < -0.39 is 22.4 Å². The van der Waals surface area contributed by atoms with Gasteiger partial charge in [-0.1, -0.05) is 41.4 Å². The van der Waals surface area contributed by atoms with E-state index in [1.165, 1.54) is 30.3 Å². The number of carbonyl (C=O) groups excluding carboxylic acids is 2. The van der Waals surface area contributed by atoms with Gasteiger partial charge >= 0.3 is 6.03 Å². The summed E-state index contributed by atoms with van der Waals surface area (Å²) in [5, 5.41) is 14.1. The lowest BCUT2D eigenvalue weighted by molar-refractivity contribution is -0.384. The molecule has 1 aliphatic rings. The maximum Gasteiger partial charge on any atom is 0.325 e. The van der Waals surface area contributed by atoms with Crippen molar-refractivity contribution in [3.8, 4) is 0 Å². The van der Waals surface area contributed by atoms with Gasteiger partial charge in [-0.15, -0.1) is 0 Å². The summed E-state index contributed by atoms with van der Waals surface area (Å²) in [6.45, 7) is 1.56. The third-order valence-electron chi connectivity index (χ3n) is 4.23. The van der Waals surface area contributed by atoms with Crippen LogP contribution in [0.5, 0.6) is 0 Å². The van der Waals surface area contributed by atoms with Gasteiger partial charge in [0.05, 0.1) is 11.5 Å². The summed E-state index contributed by atoms with van der Waals surface area (Å²) in [5.41, 5.74) is -0.359. The Bertz CT molecular complexity index is 917. The highest BCUT2D eigenvalue weighted by atomic mass is 35.5. The van der Waals surface area contributed by atoms with Crippen LogP contribution in [0, 0.1) is 10.1 Å². The van der Waals surface area contributed by atoms with E-state index in [0.29, 0.717) is 16.1 Å². The highest BCUT2D eigenvalue weighted by Gasteiger charge is 2.49. The summed E-state index contributed by atoms with van der Waals surface area (Å²) >= 11 is 12.1. The molecule has 0 radical (unpaired) electrons. The number of hydrogen-bond donors (Lipinski definition) is 1. The number of hydrogen-bond acceptors (Lipinski definition) is 4. The lowest BCUT2D eigenvalue weighted by Gasteiger charge is -2.23. The zero-order valence-electron chi connectivity index (χ0n) is 13.5. The fraction of sp³-hybridized carbons (Fsp3) is 0.176. The Morgan fingerprint density at radius 3 is 2.38 bits per heavy atom. The van der Waals surface area contributed by atoms with Gasteiger partial charge in [-0.2, -0.15) is 0 Å². The minimum absolute atomic E-state index is 0.0105. The van der Waals surface area contributed by atoms with E-state index in [4.69, 9.17) is 23.2 Å². The molecule has 134 valence electrons. The largest absolute Gasteiger partial charge is 0.325 e. The van der Waals surface area contributed by atoms with Crippen molar-refractivity contribution in [2.24, 2.45) is 0 Å². The average molecular weight is 394 g/mol. The number of non-ortho nitro benzene ring substituents is 1. The second kappa shape index (κ2) is 6.59. The predicted molar refractivity (Wildman–Crippen MR) is 96.0 cm³/mol. The molecule has 9 heteroatoms. The SMILES string of the molecule is C[C@]1(c2ccc(Cl)cc2Cl)NC(=O)N(Cc2ccc([N+](=O)[O-])cc2)C1=O. The molecule has 1 aliphatic heterocycles. The molecule has 0 aromatic heterocycles. The van der Waals surface area contributed by atoms with E-state index in [1.807, 2.05) is 0 Å². The number of halogens is 2. The number of nitro groups is 1. The highest BCUT2D eigenvalue weighted by Crippen LogP contribution is 2.35. The Hall–Kier alpha value is -2.64.